The molecule has 0 aliphatic rings. The number of hydrogen-bond donors (Lipinski definition) is 2. The molecule has 17 heavy (non-hydrogen) atoms. The minimum Gasteiger partial charge on any atom is -0.323 e. The molecule has 0 saturated heterocycles. The van der Waals surface area contributed by atoms with Crippen LogP contribution in [0.1, 0.15) is 16.8 Å². The van der Waals surface area contributed by atoms with Crippen molar-refractivity contribution in [3.63, 3.8) is 0 Å². The average molecular weight is 298 g/mol. The maximum atomic E-state index is 13.7. The zero-order valence-corrected chi connectivity index (χ0v) is 11.4. The Bertz CT molecular complexity index is 611. The van der Waals surface area contributed by atoms with Crippen molar-refractivity contribution in [2.45, 2.75) is 20.8 Å². The Kier molecular flexibility index (Phi) is 3.05. The lowest BCUT2D eigenvalue weighted by atomic mass is 10.0. The lowest BCUT2D eigenvalue weighted by molar-refractivity contribution is 0.622. The maximum absolute atomic E-state index is 13.7. The molecular formula is C12H13BrFN3. The molecule has 2 aromatic rings. The van der Waals surface area contributed by atoms with E-state index in [1.807, 2.05) is 20.8 Å². The number of pyridine rings is 1. The highest BCUT2D eigenvalue weighted by Gasteiger charge is 2.16. The van der Waals surface area contributed by atoms with Crippen molar-refractivity contribution in [2.24, 2.45) is 5.84 Å². The van der Waals surface area contributed by atoms with Crippen LogP contribution in [0.3, 0.4) is 0 Å². The zero-order valence-electron chi connectivity index (χ0n) is 9.86. The molecule has 0 fully saturated rings. The molecule has 1 heterocycles. The number of aromatic nitrogens is 1. The molecule has 0 saturated carbocycles. The van der Waals surface area contributed by atoms with E-state index < -0.39 is 0 Å². The zero-order chi connectivity index (χ0) is 12.7. The van der Waals surface area contributed by atoms with Crippen molar-refractivity contribution in [3.05, 3.63) is 33.2 Å². The first-order valence-corrected chi connectivity index (χ1v) is 5.98. The van der Waals surface area contributed by atoms with Crippen LogP contribution in [0.4, 0.5) is 10.1 Å². The van der Waals surface area contributed by atoms with Gasteiger partial charge in [-0.15, -0.1) is 0 Å². The van der Waals surface area contributed by atoms with Gasteiger partial charge in [0.25, 0.3) is 0 Å². The van der Waals surface area contributed by atoms with E-state index in [0.29, 0.717) is 15.5 Å². The molecule has 0 aliphatic carbocycles. The number of aryl methyl sites for hydroxylation is 2. The van der Waals surface area contributed by atoms with Crippen LogP contribution >= 0.6 is 15.9 Å². The molecule has 1 aromatic carbocycles. The number of benzene rings is 1. The Morgan fingerprint density at radius 2 is 2.00 bits per heavy atom. The van der Waals surface area contributed by atoms with Gasteiger partial charge >= 0.3 is 0 Å². The SMILES string of the molecule is Cc1nc2c(C)cc(F)c(Br)c2c(NN)c1C. The number of nitrogens with one attached hydrogen (secondary N) is 1. The highest BCUT2D eigenvalue weighted by molar-refractivity contribution is 9.10. The summed E-state index contributed by atoms with van der Waals surface area (Å²) < 4.78 is 14.1. The molecule has 0 bridgehead atoms. The van der Waals surface area contributed by atoms with Gasteiger partial charge in [0.1, 0.15) is 5.82 Å². The third kappa shape index (κ3) is 1.79. The number of anilines is 1. The molecule has 5 heteroatoms. The van der Waals surface area contributed by atoms with Crippen LogP contribution in [0.5, 0.6) is 0 Å². The van der Waals surface area contributed by atoms with Crippen molar-refractivity contribution in [1.29, 1.82) is 0 Å². The van der Waals surface area contributed by atoms with Crippen molar-refractivity contribution >= 4 is 32.5 Å². The monoisotopic (exact) mass is 297 g/mol. The van der Waals surface area contributed by atoms with Crippen LogP contribution in [-0.2, 0) is 0 Å². The van der Waals surface area contributed by atoms with Gasteiger partial charge in [-0.2, -0.15) is 0 Å². The molecule has 1 aromatic heterocycles. The minimum atomic E-state index is -0.309. The summed E-state index contributed by atoms with van der Waals surface area (Å²) in [4.78, 5) is 4.49. The van der Waals surface area contributed by atoms with E-state index in [-0.39, 0.29) is 5.82 Å². The molecule has 0 amide bonds. The van der Waals surface area contributed by atoms with Gasteiger partial charge in [0, 0.05) is 11.1 Å². The second-order valence-electron chi connectivity index (χ2n) is 4.05. The highest BCUT2D eigenvalue weighted by Crippen LogP contribution is 2.36. The molecule has 0 spiro atoms. The van der Waals surface area contributed by atoms with Crippen LogP contribution < -0.4 is 11.3 Å². The van der Waals surface area contributed by atoms with Gasteiger partial charge in [0.05, 0.1) is 15.7 Å². The normalized spacial score (nSPS) is 10.9. The van der Waals surface area contributed by atoms with Crippen molar-refractivity contribution < 1.29 is 4.39 Å². The van der Waals surface area contributed by atoms with Gasteiger partial charge < -0.3 is 5.43 Å². The fraction of sp³-hybridized carbons (Fsp3) is 0.250. The third-order valence-electron chi connectivity index (χ3n) is 2.97. The largest absolute Gasteiger partial charge is 0.323 e. The molecule has 0 atom stereocenters. The summed E-state index contributed by atoms with van der Waals surface area (Å²) in [5.41, 5.74) is 6.70. The molecule has 0 unspecified atom stereocenters. The van der Waals surface area contributed by atoms with Gasteiger partial charge in [0.2, 0.25) is 0 Å². The van der Waals surface area contributed by atoms with Crippen LogP contribution in [-0.4, -0.2) is 4.98 Å². The van der Waals surface area contributed by atoms with Gasteiger partial charge in [-0.1, -0.05) is 0 Å². The number of fused-ring (bicyclic) bond motifs is 1. The van der Waals surface area contributed by atoms with Gasteiger partial charge in [-0.25, -0.2) is 4.39 Å². The topological polar surface area (TPSA) is 50.9 Å². The fourth-order valence-electron chi connectivity index (χ4n) is 1.91. The van der Waals surface area contributed by atoms with Crippen LogP contribution in [0.15, 0.2) is 10.5 Å². The minimum absolute atomic E-state index is 0.309. The van der Waals surface area contributed by atoms with E-state index in [9.17, 15) is 4.39 Å². The van der Waals surface area contributed by atoms with Gasteiger partial charge in [0.15, 0.2) is 0 Å². The standard InChI is InChI=1S/C12H13BrFN3/c1-5-4-8(14)10(13)9-11(5)16-7(3)6(2)12(9)17-15/h4H,15H2,1-3H3,(H,16,17). The molecule has 0 aliphatic heterocycles. The van der Waals surface area contributed by atoms with E-state index in [4.69, 9.17) is 5.84 Å². The maximum Gasteiger partial charge on any atom is 0.138 e. The Labute approximate surface area is 107 Å². The number of rotatable bonds is 1. The molecule has 0 radical (unpaired) electrons. The van der Waals surface area contributed by atoms with Gasteiger partial charge in [-0.05, 0) is 53.9 Å². The van der Waals surface area contributed by atoms with Crippen molar-refractivity contribution in [2.75, 3.05) is 5.43 Å². The molecule has 2 rings (SSSR count). The van der Waals surface area contributed by atoms with E-state index in [1.165, 1.54) is 6.07 Å². The van der Waals surface area contributed by atoms with E-state index >= 15 is 0 Å². The summed E-state index contributed by atoms with van der Waals surface area (Å²) in [6.45, 7) is 5.65. The number of hydrogen-bond acceptors (Lipinski definition) is 3. The third-order valence-corrected chi connectivity index (χ3v) is 3.75. The summed E-state index contributed by atoms with van der Waals surface area (Å²) in [6.07, 6.45) is 0. The smallest absolute Gasteiger partial charge is 0.138 e. The van der Waals surface area contributed by atoms with Crippen LogP contribution in [0, 0.1) is 26.6 Å². The summed E-state index contributed by atoms with van der Waals surface area (Å²) >= 11 is 3.25. The Hall–Kier alpha value is -1.20. The number of nitrogen functional groups attached to an aromatic ring is 1. The highest BCUT2D eigenvalue weighted by atomic mass is 79.9. The Balaban J connectivity index is 3.06. The van der Waals surface area contributed by atoms with E-state index in [1.54, 1.807) is 0 Å². The Morgan fingerprint density at radius 3 is 2.59 bits per heavy atom. The molecule has 3 N–H and O–H groups in total. The first-order chi connectivity index (χ1) is 7.97. The lowest BCUT2D eigenvalue weighted by Gasteiger charge is -2.14. The van der Waals surface area contributed by atoms with E-state index in [0.717, 1.165) is 22.3 Å². The van der Waals surface area contributed by atoms with Crippen LogP contribution in [0.25, 0.3) is 10.9 Å². The lowest BCUT2D eigenvalue weighted by Crippen LogP contribution is -2.11. The average Bonchev–Trinajstić information content (AvgIpc) is 2.28. The Morgan fingerprint density at radius 1 is 1.35 bits per heavy atom. The summed E-state index contributed by atoms with van der Waals surface area (Å²) in [5.74, 6) is 5.22. The van der Waals surface area contributed by atoms with Crippen molar-refractivity contribution in [3.8, 4) is 0 Å². The second-order valence-corrected chi connectivity index (χ2v) is 4.85. The predicted octanol–water partition coefficient (Wildman–Crippen LogP) is 3.35. The predicted molar refractivity (Wildman–Crippen MR) is 71.4 cm³/mol. The number of nitrogens with two attached hydrogens (primary N) is 1. The van der Waals surface area contributed by atoms with E-state index in [2.05, 4.69) is 26.3 Å². The summed E-state index contributed by atoms with van der Waals surface area (Å²) in [6, 6.07) is 1.47. The summed E-state index contributed by atoms with van der Waals surface area (Å²) in [5, 5.41) is 0.688. The van der Waals surface area contributed by atoms with Crippen molar-refractivity contribution in [1.82, 2.24) is 4.98 Å². The fourth-order valence-corrected chi connectivity index (χ4v) is 2.42. The molecule has 3 nitrogen and oxygen atoms in total. The van der Waals surface area contributed by atoms with Crippen LogP contribution in [0.2, 0.25) is 0 Å². The quantitative estimate of drug-likeness (QED) is 0.627. The number of nitrogens with zero attached hydrogens (tertiary/aromatic N) is 1. The number of halogens is 2. The number of hydrazine groups is 1. The molecule has 90 valence electrons. The van der Waals surface area contributed by atoms with Gasteiger partial charge in [-0.3, -0.25) is 10.8 Å². The molecular weight excluding hydrogens is 285 g/mol. The first kappa shape index (κ1) is 12.3. The second kappa shape index (κ2) is 4.23. The first-order valence-electron chi connectivity index (χ1n) is 5.19. The summed E-state index contributed by atoms with van der Waals surface area (Å²) in [7, 11) is 0.